The Morgan fingerprint density at radius 1 is 1.62 bits per heavy atom. The molecule has 1 rings (SSSR count). The zero-order chi connectivity index (χ0) is 5.98. The van der Waals surface area contributed by atoms with Gasteiger partial charge in [0.1, 0.15) is 0 Å². The van der Waals surface area contributed by atoms with E-state index >= 15 is 0 Å². The van der Waals surface area contributed by atoms with Gasteiger partial charge in [0.05, 0.1) is 8.98 Å². The van der Waals surface area contributed by atoms with E-state index in [1.165, 1.54) is 0 Å². The molecule has 0 spiro atoms. The third-order valence-corrected chi connectivity index (χ3v) is 2.05. The summed E-state index contributed by atoms with van der Waals surface area (Å²) in [6.45, 7) is 0. The number of nitrogens with one attached hydrogen (secondary N) is 1. The van der Waals surface area contributed by atoms with Crippen molar-refractivity contribution in [3.8, 4) is 0 Å². The Morgan fingerprint density at radius 2 is 2.38 bits per heavy atom. The molecule has 0 unspecified atom stereocenters. The number of aromatic nitrogens is 1. The lowest BCUT2D eigenvalue weighted by Crippen LogP contribution is -1.68. The van der Waals surface area contributed by atoms with Crippen LogP contribution in [0.25, 0.3) is 0 Å². The van der Waals surface area contributed by atoms with Crippen molar-refractivity contribution in [3.63, 3.8) is 0 Å². The highest BCUT2D eigenvalue weighted by molar-refractivity contribution is 9.10. The molecule has 42 valence electrons. The van der Waals surface area contributed by atoms with Crippen LogP contribution < -0.4 is 0 Å². The fourth-order valence-electron chi connectivity index (χ4n) is 0.396. The van der Waals surface area contributed by atoms with Gasteiger partial charge in [0.15, 0.2) is 0 Å². The van der Waals surface area contributed by atoms with E-state index in [9.17, 15) is 0 Å². The van der Waals surface area contributed by atoms with Crippen molar-refractivity contribution in [1.29, 1.82) is 0 Å². The molecule has 0 saturated carbocycles. The summed E-state index contributed by atoms with van der Waals surface area (Å²) in [5, 5.41) is 0. The molecule has 0 aromatic carbocycles. The first-order chi connectivity index (χ1) is 3.80. The second-order valence-corrected chi connectivity index (χ2v) is 2.65. The van der Waals surface area contributed by atoms with E-state index in [0.717, 1.165) is 8.98 Å². The number of hydrogen-bond donors (Lipinski definition) is 1. The normalized spacial score (nSPS) is 9.12. The standard InChI is InChI=1S/C5H4BrNS/c6-4-3-7-2-1-5(4)8/h1-3H,(H,7,8). The highest BCUT2D eigenvalue weighted by atomic mass is 79.9. The number of H-pyrrole nitrogens is 1. The fourth-order valence-corrected chi connectivity index (χ4v) is 0.787. The number of aromatic amines is 1. The fraction of sp³-hybridized carbons (Fsp3) is 0. The molecule has 1 heterocycles. The van der Waals surface area contributed by atoms with Crippen LogP contribution in [-0.2, 0) is 0 Å². The molecule has 0 aliphatic heterocycles. The summed E-state index contributed by atoms with van der Waals surface area (Å²) < 4.78 is 1.78. The maximum atomic E-state index is 4.89. The van der Waals surface area contributed by atoms with Gasteiger partial charge in [0, 0.05) is 12.4 Å². The molecule has 0 atom stereocenters. The van der Waals surface area contributed by atoms with E-state index < -0.39 is 0 Å². The summed E-state index contributed by atoms with van der Waals surface area (Å²) in [4.78, 5) is 2.89. The van der Waals surface area contributed by atoms with E-state index in [2.05, 4.69) is 20.9 Å². The lowest BCUT2D eigenvalue weighted by atomic mass is 10.5. The number of rotatable bonds is 0. The molecule has 1 N–H and O–H groups in total. The van der Waals surface area contributed by atoms with Crippen molar-refractivity contribution < 1.29 is 0 Å². The second kappa shape index (κ2) is 2.42. The highest BCUT2D eigenvalue weighted by Gasteiger charge is 1.82. The monoisotopic (exact) mass is 189 g/mol. The minimum atomic E-state index is 0.837. The van der Waals surface area contributed by atoms with E-state index in [-0.39, 0.29) is 0 Å². The molecular weight excluding hydrogens is 186 g/mol. The SMILES string of the molecule is S=c1cc[nH]cc1Br. The van der Waals surface area contributed by atoms with Crippen molar-refractivity contribution in [1.82, 2.24) is 4.98 Å². The number of hydrogen-bond acceptors (Lipinski definition) is 1. The third kappa shape index (κ3) is 1.17. The van der Waals surface area contributed by atoms with Gasteiger partial charge in [0.2, 0.25) is 0 Å². The molecule has 1 aromatic rings. The Kier molecular flexibility index (Phi) is 1.81. The van der Waals surface area contributed by atoms with Crippen LogP contribution in [0.5, 0.6) is 0 Å². The van der Waals surface area contributed by atoms with Gasteiger partial charge in [-0.3, -0.25) is 0 Å². The smallest absolute Gasteiger partial charge is 0.0548 e. The zero-order valence-electron chi connectivity index (χ0n) is 4.02. The van der Waals surface area contributed by atoms with Crippen LogP contribution >= 0.6 is 28.1 Å². The van der Waals surface area contributed by atoms with Gasteiger partial charge in [-0.25, -0.2) is 0 Å². The molecular formula is C5H4BrNS. The topological polar surface area (TPSA) is 15.8 Å². The van der Waals surface area contributed by atoms with E-state index in [4.69, 9.17) is 12.2 Å². The molecule has 1 aromatic heterocycles. The highest BCUT2D eigenvalue weighted by Crippen LogP contribution is 2.07. The quantitative estimate of drug-likeness (QED) is 0.621. The van der Waals surface area contributed by atoms with Crippen LogP contribution in [0, 0.1) is 4.51 Å². The second-order valence-electron chi connectivity index (χ2n) is 1.36. The summed E-state index contributed by atoms with van der Waals surface area (Å²) in [5.41, 5.74) is 0. The molecule has 8 heavy (non-hydrogen) atoms. The van der Waals surface area contributed by atoms with Crippen molar-refractivity contribution in [2.45, 2.75) is 0 Å². The van der Waals surface area contributed by atoms with Gasteiger partial charge < -0.3 is 4.98 Å². The van der Waals surface area contributed by atoms with E-state index in [1.54, 1.807) is 6.20 Å². The summed E-state index contributed by atoms with van der Waals surface area (Å²) in [5.74, 6) is 0. The lowest BCUT2D eigenvalue weighted by Gasteiger charge is -1.84. The summed E-state index contributed by atoms with van der Waals surface area (Å²) in [6, 6.07) is 1.83. The zero-order valence-corrected chi connectivity index (χ0v) is 6.42. The van der Waals surface area contributed by atoms with Gasteiger partial charge >= 0.3 is 0 Å². The van der Waals surface area contributed by atoms with Crippen LogP contribution in [0.1, 0.15) is 0 Å². The van der Waals surface area contributed by atoms with Crippen molar-refractivity contribution >= 4 is 28.1 Å². The summed E-state index contributed by atoms with van der Waals surface area (Å²) >= 11 is 8.15. The molecule has 0 fully saturated rings. The first kappa shape index (κ1) is 5.98. The van der Waals surface area contributed by atoms with Crippen LogP contribution in [0.3, 0.4) is 0 Å². The molecule has 3 heteroatoms. The average Bonchev–Trinajstić information content (AvgIpc) is 1.77. The predicted molar refractivity (Wildman–Crippen MR) is 39.3 cm³/mol. The van der Waals surface area contributed by atoms with Gasteiger partial charge in [0.25, 0.3) is 0 Å². The largest absolute Gasteiger partial charge is 0.367 e. The van der Waals surface area contributed by atoms with Crippen LogP contribution in [0.4, 0.5) is 0 Å². The van der Waals surface area contributed by atoms with Crippen molar-refractivity contribution in [2.75, 3.05) is 0 Å². The first-order valence-corrected chi connectivity index (χ1v) is 3.33. The first-order valence-electron chi connectivity index (χ1n) is 2.13. The Balaban J connectivity index is 3.35. The van der Waals surface area contributed by atoms with Crippen molar-refractivity contribution in [2.24, 2.45) is 0 Å². The Labute approximate surface area is 60.9 Å². The van der Waals surface area contributed by atoms with Gasteiger partial charge in [-0.2, -0.15) is 0 Å². The molecule has 0 aliphatic rings. The maximum absolute atomic E-state index is 4.89. The van der Waals surface area contributed by atoms with Crippen LogP contribution in [0.2, 0.25) is 0 Å². The van der Waals surface area contributed by atoms with Gasteiger partial charge in [-0.1, -0.05) is 12.2 Å². The predicted octanol–water partition coefficient (Wildman–Crippen LogP) is 2.51. The Bertz CT molecular complexity index is 230. The van der Waals surface area contributed by atoms with Crippen LogP contribution in [0.15, 0.2) is 22.9 Å². The Hall–Kier alpha value is -0.150. The number of pyridine rings is 1. The van der Waals surface area contributed by atoms with E-state index in [0.29, 0.717) is 0 Å². The Morgan fingerprint density at radius 3 is 2.75 bits per heavy atom. The lowest BCUT2D eigenvalue weighted by molar-refractivity contribution is 1.30. The average molecular weight is 190 g/mol. The minimum absolute atomic E-state index is 0.837. The molecule has 0 saturated heterocycles. The molecule has 1 nitrogen and oxygen atoms in total. The minimum Gasteiger partial charge on any atom is -0.367 e. The van der Waals surface area contributed by atoms with Crippen LogP contribution in [-0.4, -0.2) is 4.98 Å². The summed E-state index contributed by atoms with van der Waals surface area (Å²) in [6.07, 6.45) is 3.61. The van der Waals surface area contributed by atoms with Crippen molar-refractivity contribution in [3.05, 3.63) is 27.4 Å². The van der Waals surface area contributed by atoms with Gasteiger partial charge in [-0.05, 0) is 22.0 Å². The number of halogens is 1. The maximum Gasteiger partial charge on any atom is 0.0548 e. The van der Waals surface area contributed by atoms with Gasteiger partial charge in [-0.15, -0.1) is 0 Å². The summed E-state index contributed by atoms with van der Waals surface area (Å²) in [7, 11) is 0. The molecule has 0 bridgehead atoms. The van der Waals surface area contributed by atoms with E-state index in [1.807, 2.05) is 12.3 Å². The molecule has 0 amide bonds. The molecule has 0 radical (unpaired) electrons. The molecule has 0 aliphatic carbocycles. The third-order valence-electron chi connectivity index (χ3n) is 0.776.